The molecule has 0 radical (unpaired) electrons. The summed E-state index contributed by atoms with van der Waals surface area (Å²) in [6.45, 7) is 0. The van der Waals surface area contributed by atoms with Crippen LogP contribution in [-0.4, -0.2) is 17.2 Å². The molecule has 0 bridgehead atoms. The Hall–Kier alpha value is -3.07. The smallest absolute Gasteiger partial charge is 0.253 e. The van der Waals surface area contributed by atoms with Crippen molar-refractivity contribution in [2.75, 3.05) is 12.8 Å². The number of hydrogen-bond donors (Lipinski definition) is 4. The lowest BCUT2D eigenvalue weighted by Gasteiger charge is -2.09. The molecule has 0 spiro atoms. The van der Waals surface area contributed by atoms with Crippen molar-refractivity contribution >= 4 is 23.7 Å². The summed E-state index contributed by atoms with van der Waals surface area (Å²) in [5.74, 6) is 0.109. The summed E-state index contributed by atoms with van der Waals surface area (Å²) in [6, 6.07) is 10.3. The molecular weight excluding hydrogens is 302 g/mol. The number of nitrogens with two attached hydrogens (primary N) is 1. The molecule has 2 rings (SSSR count). The summed E-state index contributed by atoms with van der Waals surface area (Å²) in [5, 5.41) is 27.2. The quantitative estimate of drug-likeness (QED) is 0.605. The lowest BCUT2D eigenvalue weighted by Crippen LogP contribution is -2.55. The van der Waals surface area contributed by atoms with Crippen molar-refractivity contribution in [2.24, 2.45) is 0 Å². The predicted octanol–water partition coefficient (Wildman–Crippen LogP) is 0.824. The van der Waals surface area contributed by atoms with Gasteiger partial charge >= 0.3 is 0 Å². The third-order valence-electron chi connectivity index (χ3n) is 2.76. The van der Waals surface area contributed by atoms with Crippen LogP contribution >= 0.6 is 12.2 Å². The molecule has 0 aliphatic carbocycles. The number of nitrogens with zero attached hydrogens (tertiary/aromatic N) is 2. The first-order chi connectivity index (χ1) is 10.6. The van der Waals surface area contributed by atoms with Crippen molar-refractivity contribution < 1.29 is 10.3 Å². The van der Waals surface area contributed by atoms with E-state index in [1.54, 1.807) is 29.4 Å². The fourth-order valence-corrected chi connectivity index (χ4v) is 2.09. The lowest BCUT2D eigenvalue weighted by atomic mass is 9.97. The zero-order chi connectivity index (χ0) is 16.7. The monoisotopic (exact) mass is 314 g/mol. The number of benzene rings is 1. The minimum atomic E-state index is 0.109. The number of anilines is 1. The van der Waals surface area contributed by atoms with Gasteiger partial charge in [0.15, 0.2) is 0 Å². The van der Waals surface area contributed by atoms with Crippen molar-refractivity contribution in [1.29, 1.82) is 10.5 Å². The number of nitriles is 2. The molecule has 0 unspecified atom stereocenters. The minimum Gasteiger partial charge on any atom is -0.400 e. The third kappa shape index (κ3) is 3.15. The van der Waals surface area contributed by atoms with E-state index in [9.17, 15) is 15.4 Å². The van der Waals surface area contributed by atoms with Gasteiger partial charge in [0.2, 0.25) is 0 Å². The molecule has 0 amide bonds. The second-order valence-corrected chi connectivity index (χ2v) is 4.30. The molecule has 22 heavy (non-hydrogen) atoms. The predicted molar refractivity (Wildman–Crippen MR) is 83.0 cm³/mol. The van der Waals surface area contributed by atoms with Crippen LogP contribution in [0.2, 0.25) is 0 Å². The number of nitroso groups, excluding NO2 is 1. The van der Waals surface area contributed by atoms with Gasteiger partial charge in [0, 0.05) is 34.9 Å². The van der Waals surface area contributed by atoms with Crippen LogP contribution in [-0.2, 0) is 0 Å². The summed E-state index contributed by atoms with van der Waals surface area (Å²) >= 11 is 5.05. The maximum atomic E-state index is 10.5. The molecule has 0 saturated carbocycles. The average Bonchev–Trinajstić information content (AvgIpc) is 2.56. The van der Waals surface area contributed by atoms with E-state index in [0.29, 0.717) is 16.8 Å². The van der Waals surface area contributed by atoms with Gasteiger partial charge in [-0.15, -0.1) is 0 Å². The maximum absolute atomic E-state index is 10.5. The van der Waals surface area contributed by atoms with Gasteiger partial charge in [-0.05, 0) is 17.7 Å². The SMILES string of the molecule is CO.N#Cc1c(N)[nH]c(=S)c(C#N)c1-c1ccc([NH+]=O)cc1. The first kappa shape index (κ1) is 17.0. The Balaban J connectivity index is 0.00000116. The number of nitrogens with one attached hydrogen (secondary N) is 2. The van der Waals surface area contributed by atoms with Crippen LogP contribution in [0, 0.1) is 32.2 Å². The Morgan fingerprint density at radius 1 is 1.18 bits per heavy atom. The second kappa shape index (κ2) is 7.64. The molecular formula is C14H12N5O2S+. The summed E-state index contributed by atoms with van der Waals surface area (Å²) in [4.78, 5) is 13.2. The van der Waals surface area contributed by atoms with Crippen LogP contribution in [0.1, 0.15) is 11.1 Å². The molecule has 1 aromatic heterocycles. The van der Waals surface area contributed by atoms with E-state index in [-0.39, 0.29) is 21.6 Å². The van der Waals surface area contributed by atoms with Crippen LogP contribution in [0.4, 0.5) is 11.5 Å². The van der Waals surface area contributed by atoms with Gasteiger partial charge in [-0.3, -0.25) is 0 Å². The minimum absolute atomic E-state index is 0.109. The lowest BCUT2D eigenvalue weighted by molar-refractivity contribution is -0.379. The topological polar surface area (TPSA) is 141 Å². The molecule has 0 fully saturated rings. The van der Waals surface area contributed by atoms with Crippen molar-refractivity contribution in [3.8, 4) is 23.3 Å². The van der Waals surface area contributed by atoms with Crippen LogP contribution < -0.4 is 10.9 Å². The van der Waals surface area contributed by atoms with Crippen molar-refractivity contribution in [3.63, 3.8) is 0 Å². The van der Waals surface area contributed by atoms with E-state index in [0.717, 1.165) is 7.11 Å². The molecule has 0 aliphatic heterocycles. The summed E-state index contributed by atoms with van der Waals surface area (Å²) in [6.07, 6.45) is 0. The van der Waals surface area contributed by atoms with Crippen LogP contribution in [0.3, 0.4) is 0 Å². The van der Waals surface area contributed by atoms with Gasteiger partial charge in [0.05, 0.1) is 5.56 Å². The van der Waals surface area contributed by atoms with Gasteiger partial charge in [0.25, 0.3) is 5.69 Å². The van der Waals surface area contributed by atoms with Gasteiger partial charge in [-0.25, -0.2) is 0 Å². The highest BCUT2D eigenvalue weighted by Gasteiger charge is 2.16. The highest BCUT2D eigenvalue weighted by Crippen LogP contribution is 2.30. The highest BCUT2D eigenvalue weighted by atomic mass is 32.1. The maximum Gasteiger partial charge on any atom is 0.253 e. The number of aromatic amines is 1. The average molecular weight is 314 g/mol. The Kier molecular flexibility index (Phi) is 5.90. The Labute approximate surface area is 131 Å². The number of H-pyrrole nitrogens is 1. The number of rotatable bonds is 2. The van der Waals surface area contributed by atoms with Crippen molar-refractivity contribution in [1.82, 2.24) is 4.98 Å². The largest absolute Gasteiger partial charge is 0.400 e. The molecule has 1 aromatic carbocycles. The van der Waals surface area contributed by atoms with Crippen LogP contribution in [0.5, 0.6) is 0 Å². The van der Waals surface area contributed by atoms with Crippen LogP contribution in [0.15, 0.2) is 24.3 Å². The first-order valence-corrected chi connectivity index (χ1v) is 6.32. The van der Waals surface area contributed by atoms with E-state index >= 15 is 0 Å². The van der Waals surface area contributed by atoms with E-state index in [1.165, 1.54) is 0 Å². The molecule has 0 saturated heterocycles. The Morgan fingerprint density at radius 2 is 1.73 bits per heavy atom. The summed E-state index contributed by atoms with van der Waals surface area (Å²) in [7, 11) is 1.00. The van der Waals surface area contributed by atoms with Gasteiger partial charge in [-0.2, -0.15) is 10.5 Å². The van der Waals surface area contributed by atoms with E-state index in [1.807, 2.05) is 12.1 Å². The fraction of sp³-hybridized carbons (Fsp3) is 0.0714. The zero-order valence-corrected chi connectivity index (χ0v) is 12.4. The molecule has 7 nitrogen and oxygen atoms in total. The van der Waals surface area contributed by atoms with Gasteiger partial charge in [-0.1, -0.05) is 12.2 Å². The first-order valence-electron chi connectivity index (χ1n) is 5.91. The van der Waals surface area contributed by atoms with E-state index in [2.05, 4.69) is 4.98 Å². The normalized spacial score (nSPS) is 8.91. The molecule has 0 aliphatic rings. The molecule has 110 valence electrons. The summed E-state index contributed by atoms with van der Waals surface area (Å²) < 4.78 is 0.171. The number of hydrogen-bond acceptors (Lipinski definition) is 6. The molecule has 1 heterocycles. The fourth-order valence-electron chi connectivity index (χ4n) is 1.84. The second-order valence-electron chi connectivity index (χ2n) is 3.90. The molecule has 5 N–H and O–H groups in total. The number of nitrogen functional groups attached to an aromatic ring is 1. The van der Waals surface area contributed by atoms with Gasteiger partial charge < -0.3 is 15.8 Å². The van der Waals surface area contributed by atoms with E-state index < -0.39 is 0 Å². The Bertz CT molecular complexity index is 829. The number of pyridine rings is 1. The molecule has 8 heteroatoms. The van der Waals surface area contributed by atoms with Gasteiger partial charge in [0.1, 0.15) is 28.2 Å². The van der Waals surface area contributed by atoms with Crippen LogP contribution in [0.25, 0.3) is 11.1 Å². The number of aliphatic hydroxyl groups is 1. The van der Waals surface area contributed by atoms with Crippen molar-refractivity contribution in [2.45, 2.75) is 0 Å². The standard InChI is InChI=1S/C13H7N5OS.CH4O/c14-5-9-11(7-1-3-8(18-19)4-2-7)10(6-15)13(20)17-12(9)16;1-2/h1-4H,(H3,16,17,20);2H,1H3/p+1. The number of aromatic nitrogens is 1. The highest BCUT2D eigenvalue weighted by molar-refractivity contribution is 7.71. The summed E-state index contributed by atoms with van der Waals surface area (Å²) in [5.41, 5.74) is 7.39. The van der Waals surface area contributed by atoms with E-state index in [4.69, 9.17) is 23.1 Å². The Morgan fingerprint density at radius 3 is 2.18 bits per heavy atom. The molecule has 2 aromatic rings. The van der Waals surface area contributed by atoms with Crippen molar-refractivity contribution in [3.05, 3.63) is 44.9 Å². The number of aliphatic hydroxyl groups excluding tert-OH is 1. The third-order valence-corrected chi connectivity index (χ3v) is 3.07. The zero-order valence-electron chi connectivity index (χ0n) is 11.5. The molecule has 0 atom stereocenters.